The van der Waals surface area contributed by atoms with Gasteiger partial charge in [-0.2, -0.15) is 0 Å². The molecule has 1 aromatic rings. The maximum atomic E-state index is 12.2. The van der Waals surface area contributed by atoms with Crippen molar-refractivity contribution in [1.29, 1.82) is 0 Å². The van der Waals surface area contributed by atoms with Crippen LogP contribution in [0.15, 0.2) is 24.3 Å². The molecule has 2 fully saturated rings. The topological polar surface area (TPSA) is 58.8 Å². The summed E-state index contributed by atoms with van der Waals surface area (Å²) in [6, 6.07) is 7.74. The van der Waals surface area contributed by atoms with Gasteiger partial charge < -0.3 is 15.4 Å². The lowest BCUT2D eigenvalue weighted by molar-refractivity contribution is -0.135. The van der Waals surface area contributed by atoms with Gasteiger partial charge in [0.1, 0.15) is 5.75 Å². The summed E-state index contributed by atoms with van der Waals surface area (Å²) in [6.07, 6.45) is 2.46. The molecule has 0 aromatic heterocycles. The van der Waals surface area contributed by atoms with E-state index < -0.39 is 0 Å². The second-order valence-corrected chi connectivity index (χ2v) is 5.53. The van der Waals surface area contributed by atoms with E-state index in [0.29, 0.717) is 17.5 Å². The van der Waals surface area contributed by atoms with E-state index in [0.717, 1.165) is 19.6 Å². The number of hydrogen-bond donors (Lipinski definition) is 1. The number of anilines is 1. The first-order valence-corrected chi connectivity index (χ1v) is 7.22. The molecule has 5 nitrogen and oxygen atoms in total. The Hall–Kier alpha value is -1.75. The van der Waals surface area contributed by atoms with Crippen LogP contribution in [-0.4, -0.2) is 54.5 Å². The highest BCUT2D eigenvalue weighted by Crippen LogP contribution is 2.21. The Labute approximate surface area is 119 Å². The van der Waals surface area contributed by atoms with Crippen LogP contribution in [0, 0.1) is 0 Å². The number of nitrogen functional groups attached to an aromatic ring is 1. The van der Waals surface area contributed by atoms with E-state index in [1.807, 2.05) is 17.0 Å². The number of carbonyl (C=O) groups excluding carboxylic acids is 1. The van der Waals surface area contributed by atoms with Crippen LogP contribution in [0.5, 0.6) is 5.75 Å². The van der Waals surface area contributed by atoms with Crippen LogP contribution in [0.1, 0.15) is 12.8 Å². The van der Waals surface area contributed by atoms with Gasteiger partial charge in [0.15, 0.2) is 6.61 Å². The van der Waals surface area contributed by atoms with Crippen molar-refractivity contribution in [3.8, 4) is 5.75 Å². The average molecular weight is 275 g/mol. The highest BCUT2D eigenvalue weighted by molar-refractivity contribution is 5.78. The summed E-state index contributed by atoms with van der Waals surface area (Å²) in [5.74, 6) is 0.719. The number of ether oxygens (including phenoxy) is 1. The number of rotatable bonds is 3. The minimum Gasteiger partial charge on any atom is -0.484 e. The van der Waals surface area contributed by atoms with Crippen molar-refractivity contribution >= 4 is 11.6 Å². The van der Waals surface area contributed by atoms with Crippen molar-refractivity contribution in [3.63, 3.8) is 0 Å². The van der Waals surface area contributed by atoms with Gasteiger partial charge >= 0.3 is 0 Å². The Kier molecular flexibility index (Phi) is 3.78. The Morgan fingerprint density at radius 1 is 1.35 bits per heavy atom. The van der Waals surface area contributed by atoms with Crippen molar-refractivity contribution in [1.82, 2.24) is 9.80 Å². The second kappa shape index (κ2) is 5.71. The van der Waals surface area contributed by atoms with E-state index in [2.05, 4.69) is 4.90 Å². The smallest absolute Gasteiger partial charge is 0.260 e. The molecule has 0 radical (unpaired) electrons. The maximum Gasteiger partial charge on any atom is 0.260 e. The predicted octanol–water partition coefficient (Wildman–Crippen LogP) is 0.954. The minimum atomic E-state index is 0.0685. The van der Waals surface area contributed by atoms with Crippen LogP contribution in [0.4, 0.5) is 5.69 Å². The third-order valence-electron chi connectivity index (χ3n) is 4.16. The first-order valence-electron chi connectivity index (χ1n) is 7.22. The number of piperazine rings is 1. The number of hydrogen-bond acceptors (Lipinski definition) is 4. The Bertz CT molecular complexity index is 492. The Balaban J connectivity index is 1.52. The molecule has 20 heavy (non-hydrogen) atoms. The lowest BCUT2D eigenvalue weighted by Crippen LogP contribution is -2.53. The SMILES string of the molecule is Nc1cccc(OCC(=O)N2CCN3CCCC3C2)c1. The molecule has 3 rings (SSSR count). The van der Waals surface area contributed by atoms with Gasteiger partial charge in [0.25, 0.3) is 5.91 Å². The van der Waals surface area contributed by atoms with Gasteiger partial charge in [0.05, 0.1) is 0 Å². The molecule has 5 heteroatoms. The number of fused-ring (bicyclic) bond motifs is 1. The van der Waals surface area contributed by atoms with Gasteiger partial charge in [0, 0.05) is 37.4 Å². The third kappa shape index (κ3) is 2.88. The van der Waals surface area contributed by atoms with Crippen LogP contribution < -0.4 is 10.5 Å². The van der Waals surface area contributed by atoms with Gasteiger partial charge in [-0.25, -0.2) is 0 Å². The number of carbonyl (C=O) groups is 1. The minimum absolute atomic E-state index is 0.0685. The van der Waals surface area contributed by atoms with E-state index in [4.69, 9.17) is 10.5 Å². The Morgan fingerprint density at radius 3 is 3.10 bits per heavy atom. The molecule has 1 atom stereocenters. The molecule has 0 spiro atoms. The first-order chi connectivity index (χ1) is 9.72. The lowest BCUT2D eigenvalue weighted by Gasteiger charge is -2.37. The maximum absolute atomic E-state index is 12.2. The van der Waals surface area contributed by atoms with Gasteiger partial charge in [0.2, 0.25) is 0 Å². The predicted molar refractivity (Wildman–Crippen MR) is 77.5 cm³/mol. The highest BCUT2D eigenvalue weighted by atomic mass is 16.5. The van der Waals surface area contributed by atoms with Crippen LogP contribution >= 0.6 is 0 Å². The number of benzene rings is 1. The molecule has 108 valence electrons. The summed E-state index contributed by atoms with van der Waals surface area (Å²) >= 11 is 0. The summed E-state index contributed by atoms with van der Waals surface area (Å²) in [5, 5.41) is 0. The zero-order valence-corrected chi connectivity index (χ0v) is 11.6. The van der Waals surface area contributed by atoms with Gasteiger partial charge in [-0.15, -0.1) is 0 Å². The molecule has 2 saturated heterocycles. The molecule has 1 unspecified atom stereocenters. The van der Waals surface area contributed by atoms with E-state index in [9.17, 15) is 4.79 Å². The van der Waals surface area contributed by atoms with Crippen molar-refractivity contribution in [2.75, 3.05) is 38.5 Å². The molecule has 0 bridgehead atoms. The summed E-state index contributed by atoms with van der Waals surface area (Å²) < 4.78 is 5.53. The molecular weight excluding hydrogens is 254 g/mol. The van der Waals surface area contributed by atoms with Crippen molar-refractivity contribution < 1.29 is 9.53 Å². The standard InChI is InChI=1S/C15H21N3O2/c16-12-3-1-5-14(9-12)20-11-15(19)18-8-7-17-6-2-4-13(17)10-18/h1,3,5,9,13H,2,4,6-8,10-11,16H2. The molecule has 0 saturated carbocycles. The Morgan fingerprint density at radius 2 is 2.25 bits per heavy atom. The molecule has 2 aliphatic heterocycles. The zero-order valence-electron chi connectivity index (χ0n) is 11.6. The number of nitrogens with zero attached hydrogens (tertiary/aromatic N) is 2. The summed E-state index contributed by atoms with van der Waals surface area (Å²) in [5.41, 5.74) is 6.33. The van der Waals surface area contributed by atoms with Crippen molar-refractivity contribution in [3.05, 3.63) is 24.3 Å². The van der Waals surface area contributed by atoms with E-state index in [1.165, 1.54) is 19.4 Å². The molecule has 1 amide bonds. The first kappa shape index (κ1) is 13.2. The van der Waals surface area contributed by atoms with Crippen molar-refractivity contribution in [2.45, 2.75) is 18.9 Å². The molecule has 2 N–H and O–H groups in total. The highest BCUT2D eigenvalue weighted by Gasteiger charge is 2.32. The van der Waals surface area contributed by atoms with Crippen LogP contribution in [-0.2, 0) is 4.79 Å². The quantitative estimate of drug-likeness (QED) is 0.835. The lowest BCUT2D eigenvalue weighted by atomic mass is 10.1. The fraction of sp³-hybridized carbons (Fsp3) is 0.533. The summed E-state index contributed by atoms with van der Waals surface area (Å²) in [6.45, 7) is 3.94. The number of amides is 1. The summed E-state index contributed by atoms with van der Waals surface area (Å²) in [4.78, 5) is 16.6. The van der Waals surface area contributed by atoms with Crippen molar-refractivity contribution in [2.24, 2.45) is 0 Å². The second-order valence-electron chi connectivity index (χ2n) is 5.53. The molecule has 0 aliphatic carbocycles. The van der Waals surface area contributed by atoms with Crippen LogP contribution in [0.2, 0.25) is 0 Å². The normalized spacial score (nSPS) is 22.6. The fourth-order valence-electron chi connectivity index (χ4n) is 3.06. The van der Waals surface area contributed by atoms with E-state index in [-0.39, 0.29) is 12.5 Å². The molecule has 1 aromatic carbocycles. The largest absolute Gasteiger partial charge is 0.484 e. The number of nitrogens with two attached hydrogens (primary N) is 1. The third-order valence-corrected chi connectivity index (χ3v) is 4.16. The monoisotopic (exact) mass is 275 g/mol. The van der Waals surface area contributed by atoms with Gasteiger partial charge in [-0.3, -0.25) is 9.69 Å². The van der Waals surface area contributed by atoms with Gasteiger partial charge in [-0.1, -0.05) is 6.07 Å². The van der Waals surface area contributed by atoms with E-state index in [1.54, 1.807) is 12.1 Å². The molecular formula is C15H21N3O2. The fourth-order valence-corrected chi connectivity index (χ4v) is 3.06. The van der Waals surface area contributed by atoms with E-state index >= 15 is 0 Å². The van der Waals surface area contributed by atoms with Crippen LogP contribution in [0.25, 0.3) is 0 Å². The molecule has 2 aliphatic rings. The zero-order chi connectivity index (χ0) is 13.9. The van der Waals surface area contributed by atoms with Crippen LogP contribution in [0.3, 0.4) is 0 Å². The summed E-state index contributed by atoms with van der Waals surface area (Å²) in [7, 11) is 0. The molecule has 2 heterocycles. The average Bonchev–Trinajstić information content (AvgIpc) is 2.92. The van der Waals surface area contributed by atoms with Gasteiger partial charge in [-0.05, 0) is 31.5 Å².